The predicted molar refractivity (Wildman–Crippen MR) is 56.3 cm³/mol. The molecule has 0 aliphatic carbocycles. The maximum atomic E-state index is 13.0. The molecule has 19 heavy (non-hydrogen) atoms. The van der Waals surface area contributed by atoms with E-state index in [1.807, 2.05) is 5.92 Å². The van der Waals surface area contributed by atoms with Crippen molar-refractivity contribution in [3.63, 3.8) is 0 Å². The van der Waals surface area contributed by atoms with Crippen molar-refractivity contribution in [2.24, 2.45) is 0 Å². The minimum Gasteiger partial charge on any atom is -0.318 e. The van der Waals surface area contributed by atoms with Crippen molar-refractivity contribution >= 4 is 17.8 Å². The second-order valence-corrected chi connectivity index (χ2v) is 3.68. The zero-order chi connectivity index (χ0) is 14.8. The lowest BCUT2D eigenvalue weighted by molar-refractivity contribution is -0.204. The first-order chi connectivity index (χ1) is 8.69. The fourth-order valence-electron chi connectivity index (χ4n) is 1.46. The van der Waals surface area contributed by atoms with Gasteiger partial charge in [-0.15, -0.1) is 6.42 Å². The van der Waals surface area contributed by atoms with E-state index >= 15 is 0 Å². The smallest absolute Gasteiger partial charge is 0.318 e. The molecule has 0 aromatic rings. The first-order valence-corrected chi connectivity index (χ1v) is 5.15. The molecule has 1 unspecified atom stereocenters. The van der Waals surface area contributed by atoms with Crippen molar-refractivity contribution in [2.45, 2.75) is 25.2 Å². The molecule has 0 bridgehead atoms. The summed E-state index contributed by atoms with van der Waals surface area (Å²) in [5, 5.41) is 2.94. The number of carbonyl (C=O) groups is 3. The number of amides is 4. The number of rotatable bonds is 3. The molecule has 0 aromatic carbocycles. The summed E-state index contributed by atoms with van der Waals surface area (Å²) in [6, 6.07) is -1.31. The number of imide groups is 1. The number of hydrogen-bond acceptors (Lipinski definition) is 3. The molecule has 0 saturated carbocycles. The van der Waals surface area contributed by atoms with Gasteiger partial charge in [-0.1, -0.05) is 12.8 Å². The van der Waals surface area contributed by atoms with Crippen LogP contribution in [0.15, 0.2) is 0 Å². The monoisotopic (exact) mass is 277 g/mol. The highest BCUT2D eigenvalue weighted by Gasteiger charge is 2.68. The average molecular weight is 277 g/mol. The number of nitrogens with zero attached hydrogens (tertiary/aromatic N) is 1. The molecule has 1 heterocycles. The van der Waals surface area contributed by atoms with Crippen LogP contribution in [0.2, 0.25) is 0 Å². The lowest BCUT2D eigenvalue weighted by atomic mass is 10.1. The Morgan fingerprint density at radius 1 is 1.53 bits per heavy atom. The normalized spacial score (nSPS) is 23.0. The SMILES string of the molecule is C#CCN1C(=O)NC(NC(=O)CC)(C(F)(F)F)C1=O. The first kappa shape index (κ1) is 14.8. The summed E-state index contributed by atoms with van der Waals surface area (Å²) in [7, 11) is 0. The summed E-state index contributed by atoms with van der Waals surface area (Å²) >= 11 is 0. The molecule has 0 radical (unpaired) electrons. The van der Waals surface area contributed by atoms with Crippen molar-refractivity contribution < 1.29 is 27.6 Å². The Bertz CT molecular complexity index is 469. The van der Waals surface area contributed by atoms with E-state index in [9.17, 15) is 27.6 Å². The summed E-state index contributed by atoms with van der Waals surface area (Å²) in [6.45, 7) is 0.685. The van der Waals surface area contributed by atoms with E-state index in [4.69, 9.17) is 6.42 Å². The van der Waals surface area contributed by atoms with Crippen LogP contribution in [0.1, 0.15) is 13.3 Å². The zero-order valence-electron chi connectivity index (χ0n) is 9.80. The molecule has 1 aliphatic heterocycles. The van der Waals surface area contributed by atoms with Crippen LogP contribution >= 0.6 is 0 Å². The fourth-order valence-corrected chi connectivity index (χ4v) is 1.46. The average Bonchev–Trinajstić information content (AvgIpc) is 2.54. The number of terminal acetylenes is 1. The van der Waals surface area contributed by atoms with Crippen molar-refractivity contribution in [3.05, 3.63) is 0 Å². The molecule has 6 nitrogen and oxygen atoms in total. The van der Waals surface area contributed by atoms with Crippen LogP contribution in [0.25, 0.3) is 0 Å². The largest absolute Gasteiger partial charge is 0.440 e. The summed E-state index contributed by atoms with van der Waals surface area (Å²) in [5.74, 6) is -0.791. The van der Waals surface area contributed by atoms with Gasteiger partial charge in [0.15, 0.2) is 0 Å². The second-order valence-electron chi connectivity index (χ2n) is 3.68. The molecule has 104 valence electrons. The third-order valence-corrected chi connectivity index (χ3v) is 2.43. The predicted octanol–water partition coefficient (Wildman–Crippen LogP) is -0.0438. The molecule has 0 aromatic heterocycles. The van der Waals surface area contributed by atoms with E-state index in [1.165, 1.54) is 17.6 Å². The molecule has 4 amide bonds. The van der Waals surface area contributed by atoms with Crippen molar-refractivity contribution in [2.75, 3.05) is 6.54 Å². The van der Waals surface area contributed by atoms with Crippen LogP contribution in [0, 0.1) is 12.3 Å². The topological polar surface area (TPSA) is 78.5 Å². The zero-order valence-corrected chi connectivity index (χ0v) is 9.80. The van der Waals surface area contributed by atoms with Crippen LogP contribution in [0.4, 0.5) is 18.0 Å². The van der Waals surface area contributed by atoms with Crippen molar-refractivity contribution in [1.82, 2.24) is 15.5 Å². The lowest BCUT2D eigenvalue weighted by Crippen LogP contribution is -2.69. The molecule has 2 N–H and O–H groups in total. The van der Waals surface area contributed by atoms with Gasteiger partial charge in [-0.2, -0.15) is 13.2 Å². The number of hydrogen-bond donors (Lipinski definition) is 2. The number of urea groups is 1. The first-order valence-electron chi connectivity index (χ1n) is 5.15. The van der Waals surface area contributed by atoms with E-state index in [1.54, 1.807) is 0 Å². The molecule has 1 fully saturated rings. The Hall–Kier alpha value is -2.24. The summed E-state index contributed by atoms with van der Waals surface area (Å²) in [5.41, 5.74) is -3.45. The van der Waals surface area contributed by atoms with Gasteiger partial charge >= 0.3 is 12.2 Å². The molecular weight excluding hydrogens is 267 g/mol. The fraction of sp³-hybridized carbons (Fsp3) is 0.500. The van der Waals surface area contributed by atoms with Crippen LogP contribution in [0.5, 0.6) is 0 Å². The second kappa shape index (κ2) is 4.79. The molecule has 1 aliphatic rings. The lowest BCUT2D eigenvalue weighted by Gasteiger charge is -2.29. The minimum absolute atomic E-state index is 0.212. The van der Waals surface area contributed by atoms with Gasteiger partial charge in [0.25, 0.3) is 11.6 Å². The van der Waals surface area contributed by atoms with E-state index in [-0.39, 0.29) is 11.3 Å². The van der Waals surface area contributed by atoms with Gasteiger partial charge in [-0.25, -0.2) is 9.69 Å². The standard InChI is InChI=1S/C10H10F3N3O3/c1-3-5-16-7(18)9(10(11,12)13,15-8(16)19)14-6(17)4-2/h1H,4-5H2,2H3,(H,14,17)(H,15,19). The highest BCUT2D eigenvalue weighted by atomic mass is 19.4. The Labute approximate surface area is 106 Å². The number of halogens is 3. The number of carbonyl (C=O) groups excluding carboxylic acids is 3. The third kappa shape index (κ3) is 2.33. The minimum atomic E-state index is -5.19. The van der Waals surface area contributed by atoms with Gasteiger partial charge in [0.2, 0.25) is 5.91 Å². The molecule has 1 atom stereocenters. The van der Waals surface area contributed by atoms with Gasteiger partial charge in [0, 0.05) is 6.42 Å². The Morgan fingerprint density at radius 2 is 2.11 bits per heavy atom. The number of nitrogens with one attached hydrogen (secondary N) is 2. The molecule has 1 saturated heterocycles. The molecule has 0 spiro atoms. The maximum Gasteiger partial charge on any atom is 0.440 e. The van der Waals surface area contributed by atoms with Gasteiger partial charge in [-0.3, -0.25) is 14.9 Å². The third-order valence-electron chi connectivity index (χ3n) is 2.43. The van der Waals surface area contributed by atoms with Crippen molar-refractivity contribution in [3.8, 4) is 12.3 Å². The van der Waals surface area contributed by atoms with Gasteiger partial charge < -0.3 is 5.32 Å². The highest BCUT2D eigenvalue weighted by molar-refractivity contribution is 6.09. The van der Waals surface area contributed by atoms with E-state index in [0.29, 0.717) is 0 Å². The quantitative estimate of drug-likeness (QED) is 0.561. The molecular formula is C10H10F3N3O3. The molecule has 1 rings (SSSR count). The van der Waals surface area contributed by atoms with E-state index < -0.39 is 36.2 Å². The van der Waals surface area contributed by atoms with E-state index in [2.05, 4.69) is 0 Å². The summed E-state index contributed by atoms with van der Waals surface area (Å²) in [6.07, 6.45) is -0.603. The van der Waals surface area contributed by atoms with Crippen LogP contribution in [-0.4, -0.2) is 41.1 Å². The highest BCUT2D eigenvalue weighted by Crippen LogP contribution is 2.33. The van der Waals surface area contributed by atoms with Crippen LogP contribution in [-0.2, 0) is 9.59 Å². The van der Waals surface area contributed by atoms with Crippen LogP contribution < -0.4 is 10.6 Å². The van der Waals surface area contributed by atoms with Crippen LogP contribution in [0.3, 0.4) is 0 Å². The molecule has 9 heteroatoms. The van der Waals surface area contributed by atoms with Crippen molar-refractivity contribution in [1.29, 1.82) is 0 Å². The number of alkyl halides is 3. The van der Waals surface area contributed by atoms with Gasteiger partial charge in [0.1, 0.15) is 0 Å². The van der Waals surface area contributed by atoms with E-state index in [0.717, 1.165) is 0 Å². The van der Waals surface area contributed by atoms with Gasteiger partial charge in [0.05, 0.1) is 6.54 Å². The van der Waals surface area contributed by atoms with Gasteiger partial charge in [-0.05, 0) is 0 Å². The summed E-state index contributed by atoms with van der Waals surface area (Å²) in [4.78, 5) is 34.5. The Balaban J connectivity index is 3.21. The Kier molecular flexibility index (Phi) is 3.74. The maximum absolute atomic E-state index is 13.0. The summed E-state index contributed by atoms with van der Waals surface area (Å²) < 4.78 is 39.1. The Morgan fingerprint density at radius 3 is 2.53 bits per heavy atom.